The van der Waals surface area contributed by atoms with Crippen LogP contribution in [0, 0.1) is 6.92 Å². The summed E-state index contributed by atoms with van der Waals surface area (Å²) in [6.07, 6.45) is 13.0. The fraction of sp³-hybridized carbons (Fsp3) is 0.333. The number of hydrogen-bond acceptors (Lipinski definition) is 6. The average Bonchev–Trinajstić information content (AvgIpc) is 2.97. The first-order valence-electron chi connectivity index (χ1n) is 14.2. The molecule has 2 aromatic carbocycles. The zero-order valence-electron chi connectivity index (χ0n) is 25.0. The maximum Gasteiger partial charge on any atom is 0.196 e. The Kier molecular flexibility index (Phi) is 10.7. The van der Waals surface area contributed by atoms with E-state index in [4.69, 9.17) is 0 Å². The average molecular weight is 551 g/mol. The van der Waals surface area contributed by atoms with Gasteiger partial charge in [-0.1, -0.05) is 0 Å². The zero-order valence-corrected chi connectivity index (χ0v) is 25.0. The number of benzene rings is 2. The van der Waals surface area contributed by atoms with Gasteiger partial charge in [-0.05, 0) is 80.4 Å². The van der Waals surface area contributed by atoms with Gasteiger partial charge in [0.25, 0.3) is 0 Å². The number of hydrogen-bond donors (Lipinski definition) is 0. The Morgan fingerprint density at radius 3 is 1.59 bits per heavy atom. The van der Waals surface area contributed by atoms with Crippen LogP contribution in [-0.2, 0) is 13.1 Å². The Balaban J connectivity index is 1.20. The first-order chi connectivity index (χ1) is 19.9. The van der Waals surface area contributed by atoms with E-state index >= 15 is 0 Å². The van der Waals surface area contributed by atoms with Gasteiger partial charge in [0.1, 0.15) is 24.5 Å². The Labute approximate surface area is 244 Å². The third-order valence-corrected chi connectivity index (χ3v) is 6.76. The molecule has 4 aromatic rings. The molecule has 0 atom stereocenters. The predicted molar refractivity (Wildman–Crippen MR) is 166 cm³/mol. The molecule has 0 amide bonds. The number of rotatable bonds is 13. The highest BCUT2D eigenvalue weighted by Gasteiger charge is 2.07. The van der Waals surface area contributed by atoms with Gasteiger partial charge in [-0.25, -0.2) is 9.13 Å². The van der Waals surface area contributed by atoms with Crippen LogP contribution in [0.3, 0.4) is 0 Å². The molecule has 0 aliphatic rings. The molecule has 0 spiro atoms. The summed E-state index contributed by atoms with van der Waals surface area (Å²) in [5.74, 6) is 0. The molecule has 4 rings (SSSR count). The van der Waals surface area contributed by atoms with Gasteiger partial charge in [0.05, 0.1) is 11.4 Å². The third kappa shape index (κ3) is 9.60. The summed E-state index contributed by atoms with van der Waals surface area (Å²) in [7, 11) is 8.11. The second-order valence-corrected chi connectivity index (χ2v) is 10.7. The molecule has 2 aromatic heterocycles. The Hall–Kier alpha value is -4.46. The van der Waals surface area contributed by atoms with Crippen LogP contribution < -0.4 is 18.9 Å². The summed E-state index contributed by atoms with van der Waals surface area (Å²) >= 11 is 0. The van der Waals surface area contributed by atoms with Crippen LogP contribution in [0.25, 0.3) is 0 Å². The van der Waals surface area contributed by atoms with Gasteiger partial charge in [-0.2, -0.15) is 10.2 Å². The van der Waals surface area contributed by atoms with Gasteiger partial charge in [0.15, 0.2) is 24.8 Å². The summed E-state index contributed by atoms with van der Waals surface area (Å²) in [6.45, 7) is 4.05. The van der Waals surface area contributed by atoms with Crippen molar-refractivity contribution in [1.29, 1.82) is 0 Å². The van der Waals surface area contributed by atoms with Crippen molar-refractivity contribution in [1.82, 2.24) is 0 Å². The van der Waals surface area contributed by atoms with Crippen LogP contribution in [0.1, 0.15) is 31.2 Å². The van der Waals surface area contributed by atoms with Crippen molar-refractivity contribution < 1.29 is 9.13 Å². The fourth-order valence-electron chi connectivity index (χ4n) is 4.47. The summed E-state index contributed by atoms with van der Waals surface area (Å²) in [6, 6.07) is 22.3. The highest BCUT2D eigenvalue weighted by Crippen LogP contribution is 2.22. The molecule has 0 aliphatic carbocycles. The third-order valence-electron chi connectivity index (χ3n) is 6.76. The van der Waals surface area contributed by atoms with Crippen LogP contribution in [-0.4, -0.2) is 28.2 Å². The monoisotopic (exact) mass is 550 g/mol. The van der Waals surface area contributed by atoms with E-state index in [1.54, 1.807) is 0 Å². The van der Waals surface area contributed by atoms with E-state index in [1.165, 1.54) is 18.4 Å². The second-order valence-electron chi connectivity index (χ2n) is 10.7. The first-order valence-corrected chi connectivity index (χ1v) is 14.2. The molecule has 0 bridgehead atoms. The molecule has 212 valence electrons. The second kappa shape index (κ2) is 14.8. The Morgan fingerprint density at radius 1 is 0.537 bits per heavy atom. The van der Waals surface area contributed by atoms with Crippen LogP contribution in [0.2, 0.25) is 0 Å². The molecular weight excluding hydrogens is 508 g/mol. The lowest BCUT2D eigenvalue weighted by molar-refractivity contribution is -0.698. The highest BCUT2D eigenvalue weighted by atomic mass is 15.1. The van der Waals surface area contributed by atoms with Gasteiger partial charge in [0.2, 0.25) is 0 Å². The number of pyridine rings is 2. The summed E-state index contributed by atoms with van der Waals surface area (Å²) in [5.41, 5.74) is 6.91. The largest absolute Gasteiger partial charge is 0.378 e. The molecule has 8 nitrogen and oxygen atoms in total. The number of unbranched alkanes of at least 4 members (excludes halogenated alkanes) is 3. The van der Waals surface area contributed by atoms with Crippen molar-refractivity contribution in [3.05, 3.63) is 97.1 Å². The van der Waals surface area contributed by atoms with E-state index in [9.17, 15) is 0 Å². The molecule has 41 heavy (non-hydrogen) atoms. The smallest absolute Gasteiger partial charge is 0.196 e. The zero-order chi connectivity index (χ0) is 29.0. The molecule has 0 fully saturated rings. The fourth-order valence-corrected chi connectivity index (χ4v) is 4.47. The Morgan fingerprint density at radius 2 is 1.02 bits per heavy atom. The quantitative estimate of drug-likeness (QED) is 0.0969. The SMILES string of the molecule is Cc1cc(N=Nc2ccc(N(C)C)cc2)c[n+](CCCCCC[n+]2cccc(N=Nc3ccc(N(C)C)cc3)c2)c1. The van der Waals surface area contributed by atoms with E-state index in [2.05, 4.69) is 89.3 Å². The van der Waals surface area contributed by atoms with Gasteiger partial charge in [-0.15, -0.1) is 10.2 Å². The molecule has 0 saturated heterocycles. The Bertz CT molecular complexity index is 1440. The standard InChI is InChI=1S/C33H42N8/c1-27-23-31(37-35-29-14-18-33(19-15-29)39(4)5)26-41(24-27)21-9-7-6-8-20-40-22-10-11-30(25-40)36-34-28-12-16-32(17-13-28)38(2)3/h10-19,22-26H,6-9,20-21H2,1-5H3/q+2. The molecule has 0 radical (unpaired) electrons. The lowest BCUT2D eigenvalue weighted by atomic mass is 10.2. The number of aryl methyl sites for hydroxylation is 3. The number of nitrogens with zero attached hydrogens (tertiary/aromatic N) is 8. The van der Waals surface area contributed by atoms with Gasteiger partial charge >= 0.3 is 0 Å². The maximum atomic E-state index is 4.48. The number of aromatic nitrogens is 2. The predicted octanol–water partition coefficient (Wildman–Crippen LogP) is 7.79. The van der Waals surface area contributed by atoms with Crippen LogP contribution in [0.4, 0.5) is 34.1 Å². The topological polar surface area (TPSA) is 63.7 Å². The summed E-state index contributed by atoms with van der Waals surface area (Å²) in [4.78, 5) is 4.14. The minimum atomic E-state index is 0.850. The van der Waals surface area contributed by atoms with Gasteiger partial charge in [0, 0.05) is 64.0 Å². The normalized spacial score (nSPS) is 11.4. The molecule has 2 heterocycles. The first kappa shape index (κ1) is 29.5. The lowest BCUT2D eigenvalue weighted by Gasteiger charge is -2.11. The van der Waals surface area contributed by atoms with Crippen molar-refractivity contribution in [2.75, 3.05) is 38.0 Å². The van der Waals surface area contributed by atoms with Crippen molar-refractivity contribution in [2.24, 2.45) is 20.5 Å². The van der Waals surface area contributed by atoms with E-state index < -0.39 is 0 Å². The van der Waals surface area contributed by atoms with Gasteiger partial charge in [-0.3, -0.25) is 0 Å². The van der Waals surface area contributed by atoms with Crippen LogP contribution >= 0.6 is 0 Å². The van der Waals surface area contributed by atoms with Crippen molar-refractivity contribution in [3.8, 4) is 0 Å². The van der Waals surface area contributed by atoms with Crippen molar-refractivity contribution in [3.63, 3.8) is 0 Å². The van der Waals surface area contributed by atoms with Crippen molar-refractivity contribution >= 4 is 34.1 Å². The molecule has 0 N–H and O–H groups in total. The summed E-state index contributed by atoms with van der Waals surface area (Å²) in [5, 5.41) is 17.7. The lowest BCUT2D eigenvalue weighted by Crippen LogP contribution is -2.33. The molecule has 0 aliphatic heterocycles. The molecular formula is C33H42N8+2. The number of azo groups is 2. The minimum Gasteiger partial charge on any atom is -0.378 e. The van der Waals surface area contributed by atoms with Crippen LogP contribution in [0.5, 0.6) is 0 Å². The van der Waals surface area contributed by atoms with E-state index in [-0.39, 0.29) is 0 Å². The molecule has 8 heteroatoms. The molecule has 0 unspecified atom stereocenters. The summed E-state index contributed by atoms with van der Waals surface area (Å²) < 4.78 is 4.43. The highest BCUT2D eigenvalue weighted by molar-refractivity contribution is 5.52. The van der Waals surface area contributed by atoms with E-state index in [0.717, 1.165) is 60.1 Å². The molecule has 0 saturated carbocycles. The minimum absolute atomic E-state index is 0.850. The van der Waals surface area contributed by atoms with Crippen LogP contribution in [0.15, 0.2) is 112 Å². The van der Waals surface area contributed by atoms with Gasteiger partial charge < -0.3 is 9.80 Å². The maximum absolute atomic E-state index is 4.48. The van der Waals surface area contributed by atoms with E-state index in [1.807, 2.05) is 76.7 Å². The number of anilines is 2. The van der Waals surface area contributed by atoms with E-state index in [0.29, 0.717) is 0 Å². The van der Waals surface area contributed by atoms with Crippen molar-refractivity contribution in [2.45, 2.75) is 45.7 Å².